The Morgan fingerprint density at radius 3 is 2.83 bits per heavy atom. The van der Waals surface area contributed by atoms with E-state index in [0.29, 0.717) is 6.61 Å². The Morgan fingerprint density at radius 2 is 2.67 bits per heavy atom. The average molecular weight is 102 g/mol. The summed E-state index contributed by atoms with van der Waals surface area (Å²) in [6, 6.07) is 0. The highest BCUT2D eigenvalue weighted by Gasteiger charge is 1.69. The minimum Gasteiger partial charge on any atom is -0.324 e. The Labute approximate surface area is 43.3 Å². The second-order valence-electron chi connectivity index (χ2n) is 0.740. The van der Waals surface area contributed by atoms with Gasteiger partial charge in [-0.25, -0.2) is 0 Å². The molecule has 0 rings (SSSR count). The molecule has 0 fully saturated rings. The van der Waals surface area contributed by atoms with Crippen molar-refractivity contribution in [1.82, 2.24) is 0 Å². The summed E-state index contributed by atoms with van der Waals surface area (Å²) in [6.07, 6.45) is 1.72. The molecule has 0 radical (unpaired) electrons. The maximum atomic E-state index is 4.78. The molecule has 0 bridgehead atoms. The molecule has 0 aromatic rings. The van der Waals surface area contributed by atoms with E-state index in [0.717, 1.165) is 0 Å². The van der Waals surface area contributed by atoms with E-state index in [1.54, 1.807) is 6.08 Å². The van der Waals surface area contributed by atoms with Crippen molar-refractivity contribution in [3.05, 3.63) is 12.7 Å². The summed E-state index contributed by atoms with van der Waals surface area (Å²) in [5.74, 6) is 0. The van der Waals surface area contributed by atoms with Gasteiger partial charge in [-0.05, 0) is 0 Å². The maximum Gasteiger partial charge on any atom is 0.210 e. The van der Waals surface area contributed by atoms with Crippen LogP contribution in [-0.4, -0.2) is 13.7 Å². The number of rotatable bonds is 3. The summed E-state index contributed by atoms with van der Waals surface area (Å²) < 4.78 is 4.78. The van der Waals surface area contributed by atoms with Crippen LogP contribution in [0.2, 0.25) is 0 Å². The monoisotopic (exact) mass is 102 g/mol. The Balaban J connectivity index is 2.49. The molecule has 0 saturated carbocycles. The molecule has 0 unspecified atom stereocenters. The molecule has 0 N–H and O–H groups in total. The number of hydrogen-bond donors (Lipinski definition) is 0. The van der Waals surface area contributed by atoms with Gasteiger partial charge in [0.2, 0.25) is 7.12 Å². The average Bonchev–Trinajstić information content (AvgIpc) is 1.61. The zero-order valence-electron chi connectivity index (χ0n) is 3.81. The molecular weight excluding hydrogens is 94.9 g/mol. The van der Waals surface area contributed by atoms with Crippen LogP contribution in [0, 0.1) is 0 Å². The molecule has 0 aliphatic carbocycles. The van der Waals surface area contributed by atoms with Crippen LogP contribution in [-0.2, 0) is 4.18 Å². The van der Waals surface area contributed by atoms with Crippen LogP contribution < -0.4 is 0 Å². The molecule has 0 spiro atoms. The van der Waals surface area contributed by atoms with Gasteiger partial charge in [0.15, 0.2) is 0 Å². The lowest BCUT2D eigenvalue weighted by Gasteiger charge is -1.87. The predicted molar refractivity (Wildman–Crippen MR) is 32.3 cm³/mol. The van der Waals surface area contributed by atoms with E-state index >= 15 is 0 Å². The van der Waals surface area contributed by atoms with Crippen LogP contribution >= 0.6 is 11.9 Å². The fourth-order valence-corrected chi connectivity index (χ4v) is 0.348. The molecule has 3 heteroatoms. The van der Waals surface area contributed by atoms with Crippen molar-refractivity contribution < 1.29 is 4.18 Å². The summed E-state index contributed by atoms with van der Waals surface area (Å²) in [7, 11) is 1.88. The van der Waals surface area contributed by atoms with Gasteiger partial charge in [0, 0.05) is 0 Å². The molecule has 34 valence electrons. The van der Waals surface area contributed by atoms with Crippen molar-refractivity contribution >= 4 is 19.0 Å². The van der Waals surface area contributed by atoms with Gasteiger partial charge in [-0.15, -0.1) is 6.58 Å². The summed E-state index contributed by atoms with van der Waals surface area (Å²) in [6.45, 7) is 4.10. The van der Waals surface area contributed by atoms with Crippen molar-refractivity contribution in [2.75, 3.05) is 6.61 Å². The molecule has 6 heavy (non-hydrogen) atoms. The molecular formula is C3H7BOS. The van der Waals surface area contributed by atoms with Crippen LogP contribution in [0.3, 0.4) is 0 Å². The second kappa shape index (κ2) is 5.11. The molecule has 0 aliphatic rings. The lowest BCUT2D eigenvalue weighted by Crippen LogP contribution is -1.74. The van der Waals surface area contributed by atoms with Crippen molar-refractivity contribution in [2.24, 2.45) is 0 Å². The van der Waals surface area contributed by atoms with Crippen LogP contribution in [0.1, 0.15) is 0 Å². The van der Waals surface area contributed by atoms with Crippen molar-refractivity contribution in [1.29, 1.82) is 0 Å². The first-order chi connectivity index (χ1) is 2.91. The lowest BCUT2D eigenvalue weighted by molar-refractivity contribution is 0.435. The third-order valence-corrected chi connectivity index (χ3v) is 0.676. The molecule has 0 atom stereocenters. The Hall–Kier alpha value is 0.115. The summed E-state index contributed by atoms with van der Waals surface area (Å²) in [5, 5.41) is 0. The largest absolute Gasteiger partial charge is 0.324 e. The van der Waals surface area contributed by atoms with E-state index in [-0.39, 0.29) is 0 Å². The fraction of sp³-hybridized carbons (Fsp3) is 0.333. The standard InChI is InChI=1S/C3H7BOS/c1-2-3-5-6-4/h2H,1,3-4H2. The Morgan fingerprint density at radius 1 is 2.00 bits per heavy atom. The normalized spacial score (nSPS) is 8.00. The third kappa shape index (κ3) is 4.11. The molecule has 0 aliphatic heterocycles. The van der Waals surface area contributed by atoms with E-state index in [4.69, 9.17) is 4.18 Å². The Kier molecular flexibility index (Phi) is 5.21. The SMILES string of the molecule is BSOCC=C. The van der Waals surface area contributed by atoms with Crippen molar-refractivity contribution in [3.8, 4) is 0 Å². The van der Waals surface area contributed by atoms with Crippen LogP contribution in [0.4, 0.5) is 0 Å². The summed E-state index contributed by atoms with van der Waals surface area (Å²) in [4.78, 5) is 0. The fourth-order valence-electron chi connectivity index (χ4n) is 0.116. The van der Waals surface area contributed by atoms with E-state index in [1.165, 1.54) is 11.9 Å². The minimum absolute atomic E-state index is 0.640. The van der Waals surface area contributed by atoms with Gasteiger partial charge in [-0.1, -0.05) is 18.0 Å². The van der Waals surface area contributed by atoms with Gasteiger partial charge in [0.25, 0.3) is 0 Å². The molecule has 0 saturated heterocycles. The van der Waals surface area contributed by atoms with Gasteiger partial charge in [0.1, 0.15) is 0 Å². The van der Waals surface area contributed by atoms with Crippen LogP contribution in [0.25, 0.3) is 0 Å². The highest BCUT2D eigenvalue weighted by molar-refractivity contribution is 8.15. The van der Waals surface area contributed by atoms with Gasteiger partial charge in [-0.3, -0.25) is 0 Å². The van der Waals surface area contributed by atoms with Crippen molar-refractivity contribution in [3.63, 3.8) is 0 Å². The second-order valence-corrected chi connectivity index (χ2v) is 1.31. The first-order valence-corrected chi connectivity index (χ1v) is 2.83. The smallest absolute Gasteiger partial charge is 0.210 e. The third-order valence-electron chi connectivity index (χ3n) is 0.304. The van der Waals surface area contributed by atoms with Gasteiger partial charge in [0.05, 0.1) is 6.61 Å². The first kappa shape index (κ1) is 6.11. The predicted octanol–water partition coefficient (Wildman–Crippen LogP) is 0.385. The Bertz CT molecular complexity index is 39.8. The van der Waals surface area contributed by atoms with Gasteiger partial charge in [-0.2, -0.15) is 0 Å². The highest BCUT2D eigenvalue weighted by atomic mass is 32.2. The van der Waals surface area contributed by atoms with Crippen molar-refractivity contribution in [2.45, 2.75) is 0 Å². The number of hydrogen-bond acceptors (Lipinski definition) is 2. The first-order valence-electron chi connectivity index (χ1n) is 1.68. The van der Waals surface area contributed by atoms with Gasteiger partial charge < -0.3 is 4.18 Å². The van der Waals surface area contributed by atoms with Crippen LogP contribution in [0.15, 0.2) is 12.7 Å². The molecule has 0 aromatic carbocycles. The zero-order valence-corrected chi connectivity index (χ0v) is 4.62. The van der Waals surface area contributed by atoms with Crippen LogP contribution in [0.5, 0.6) is 0 Å². The van der Waals surface area contributed by atoms with E-state index < -0.39 is 0 Å². The van der Waals surface area contributed by atoms with Gasteiger partial charge >= 0.3 is 0 Å². The van der Waals surface area contributed by atoms with E-state index in [1.807, 2.05) is 7.12 Å². The highest BCUT2D eigenvalue weighted by Crippen LogP contribution is 1.89. The maximum absolute atomic E-state index is 4.78. The minimum atomic E-state index is 0.640. The molecule has 0 aromatic heterocycles. The van der Waals surface area contributed by atoms with E-state index in [9.17, 15) is 0 Å². The summed E-state index contributed by atoms with van der Waals surface area (Å²) >= 11 is 1.35. The van der Waals surface area contributed by atoms with E-state index in [2.05, 4.69) is 6.58 Å². The molecule has 0 amide bonds. The quantitative estimate of drug-likeness (QED) is 0.220. The zero-order chi connectivity index (χ0) is 4.83. The summed E-state index contributed by atoms with van der Waals surface area (Å²) in [5.41, 5.74) is 0. The molecule has 0 heterocycles. The topological polar surface area (TPSA) is 9.23 Å². The lowest BCUT2D eigenvalue weighted by atomic mass is 10.7. The molecule has 1 nitrogen and oxygen atoms in total.